The van der Waals surface area contributed by atoms with Gasteiger partial charge in [0.25, 0.3) is 11.4 Å². The monoisotopic (exact) mass is 667 g/mol. The Kier molecular flexibility index (Phi) is 13.9. The van der Waals surface area contributed by atoms with Gasteiger partial charge in [0.15, 0.2) is 0 Å². The molecule has 12 heteroatoms. The van der Waals surface area contributed by atoms with E-state index in [0.29, 0.717) is 22.8 Å². The van der Waals surface area contributed by atoms with Gasteiger partial charge in [-0.15, -0.1) is 0 Å². The van der Waals surface area contributed by atoms with Crippen molar-refractivity contribution in [3.05, 3.63) is 86.2 Å². The van der Waals surface area contributed by atoms with Crippen LogP contribution >= 0.6 is 0 Å². The van der Waals surface area contributed by atoms with Crippen LogP contribution in [-0.4, -0.2) is 47.4 Å². The molecule has 2 aromatic carbocycles. The molecule has 0 bridgehead atoms. The summed E-state index contributed by atoms with van der Waals surface area (Å²) in [6.07, 6.45) is 5.84. The predicted molar refractivity (Wildman–Crippen MR) is 158 cm³/mol. The molecule has 0 radical (unpaired) electrons. The minimum absolute atomic E-state index is 0.0955. The molecule has 0 aliphatic heterocycles. The molecule has 11 nitrogen and oxygen atoms in total. The normalized spacial score (nSPS) is 11.3. The van der Waals surface area contributed by atoms with Gasteiger partial charge in [0.1, 0.15) is 0 Å². The summed E-state index contributed by atoms with van der Waals surface area (Å²) in [5.74, 6) is -0.949. The Balaban J connectivity index is 0.000000564. The standard InChI is InChI=1S/C21H17N5O6.2C4H9.Sn/c1-12(22-18-10-14(25(29)30)6-8-20(18)27)16-4-3-5-17(24-16)13(2)23-19-11-15(26(31)32)7-9-21(19)28;2*1-3-4-2;/h3-11,27-28H,1-2H3;2*1,3-4H2,2H3;/q;;;+2/p-2. The average molecular weight is 666 g/mol. The Hall–Kier alpha value is -3.87. The predicted octanol–water partition coefficient (Wildman–Crippen LogP) is 6.45. The van der Waals surface area contributed by atoms with E-state index in [-0.39, 0.29) is 43.9 Å². The van der Waals surface area contributed by atoms with Gasteiger partial charge in [0.2, 0.25) is 0 Å². The van der Waals surface area contributed by atoms with Crippen LogP contribution in [0.3, 0.4) is 0 Å². The van der Waals surface area contributed by atoms with Crippen molar-refractivity contribution in [2.45, 2.75) is 62.3 Å². The van der Waals surface area contributed by atoms with Gasteiger partial charge in [0.05, 0.1) is 44.0 Å². The molecule has 0 atom stereocenters. The fourth-order valence-electron chi connectivity index (χ4n) is 3.46. The van der Waals surface area contributed by atoms with Crippen LogP contribution in [0.2, 0.25) is 8.87 Å². The fourth-order valence-corrected chi connectivity index (χ4v) is 7.61. The zero-order chi connectivity index (χ0) is 30.4. The van der Waals surface area contributed by atoms with Crippen LogP contribution < -0.4 is 10.2 Å². The molecule has 0 amide bonds. The number of unbranched alkanes of at least 4 members (excludes halogenated alkanes) is 2. The van der Waals surface area contributed by atoms with Crippen LogP contribution in [0.5, 0.6) is 11.5 Å². The minimum atomic E-state index is -0.620. The Morgan fingerprint density at radius 1 is 0.756 bits per heavy atom. The van der Waals surface area contributed by atoms with Gasteiger partial charge in [0, 0.05) is 24.3 Å². The van der Waals surface area contributed by atoms with Gasteiger partial charge in [-0.25, -0.2) is 4.98 Å². The number of nitrogens with zero attached hydrogens (tertiary/aromatic N) is 5. The van der Waals surface area contributed by atoms with E-state index in [1.54, 1.807) is 40.9 Å². The van der Waals surface area contributed by atoms with Crippen molar-refractivity contribution in [2.24, 2.45) is 9.98 Å². The van der Waals surface area contributed by atoms with Crippen LogP contribution in [0.25, 0.3) is 0 Å². The van der Waals surface area contributed by atoms with Crippen LogP contribution in [0.4, 0.5) is 22.7 Å². The molecular formula is C29H33N5O6Sn. The number of pyridine rings is 1. The molecular weight excluding hydrogens is 633 g/mol. The van der Waals surface area contributed by atoms with Crippen molar-refractivity contribution in [2.75, 3.05) is 0 Å². The fraction of sp³-hybridized carbons (Fsp3) is 0.345. The molecule has 0 saturated carbocycles. The van der Waals surface area contributed by atoms with Gasteiger partial charge >= 0.3 is 69.5 Å². The van der Waals surface area contributed by atoms with Crippen molar-refractivity contribution in [1.29, 1.82) is 0 Å². The van der Waals surface area contributed by atoms with E-state index in [4.69, 9.17) is 0 Å². The number of benzene rings is 2. The van der Waals surface area contributed by atoms with Crippen LogP contribution in [0.15, 0.2) is 64.6 Å². The van der Waals surface area contributed by atoms with E-state index < -0.39 is 21.3 Å². The molecule has 1 heterocycles. The molecule has 0 spiro atoms. The van der Waals surface area contributed by atoms with Gasteiger partial charge in [-0.1, -0.05) is 29.7 Å². The number of hydrogen-bond donors (Lipinski definition) is 0. The number of nitro groups is 2. The first-order chi connectivity index (χ1) is 19.6. The summed E-state index contributed by atoms with van der Waals surface area (Å²) in [6.45, 7) is 7.76. The molecule has 3 aromatic rings. The number of aliphatic imine (C=N–C) groups is 2. The second-order valence-corrected chi connectivity index (χ2v) is 13.4. The molecule has 0 unspecified atom stereocenters. The Bertz CT molecular complexity index is 1310. The third kappa shape index (κ3) is 10.9. The van der Waals surface area contributed by atoms with Crippen molar-refractivity contribution in [3.63, 3.8) is 0 Å². The van der Waals surface area contributed by atoms with Crippen LogP contribution in [0, 0.1) is 20.2 Å². The van der Waals surface area contributed by atoms with Gasteiger partial charge in [-0.05, 0) is 26.0 Å². The average Bonchev–Trinajstić information content (AvgIpc) is 2.95. The summed E-state index contributed by atoms with van der Waals surface area (Å²) in [5.41, 5.74) is 0.712. The summed E-state index contributed by atoms with van der Waals surface area (Å²) >= 11 is 0.149. The Labute approximate surface area is 249 Å². The SMILES string of the molecule is CC(=Nc1cc([N+](=O)[O-])ccc1[O-])c1cccc(C(C)=Nc2cc([N+](=O)[O-])ccc2[O-])n1.CCC[CH2][Sn+2][CH2]CCC. The van der Waals surface area contributed by atoms with Gasteiger partial charge in [-0.2, -0.15) is 0 Å². The molecule has 3 rings (SSSR count). The maximum absolute atomic E-state index is 12.0. The molecule has 1 aromatic heterocycles. The zero-order valence-corrected chi connectivity index (χ0v) is 26.5. The van der Waals surface area contributed by atoms with Crippen molar-refractivity contribution in [3.8, 4) is 11.5 Å². The summed E-state index contributed by atoms with van der Waals surface area (Å²) in [4.78, 5) is 33.4. The van der Waals surface area contributed by atoms with E-state index in [9.17, 15) is 30.4 Å². The number of hydrogen-bond acceptors (Lipinski definition) is 9. The summed E-state index contributed by atoms with van der Waals surface area (Å²) < 4.78 is 3.25. The third-order valence-corrected chi connectivity index (χ3v) is 9.82. The summed E-state index contributed by atoms with van der Waals surface area (Å²) in [5, 5.41) is 45.9. The van der Waals surface area contributed by atoms with E-state index in [1.807, 2.05) is 0 Å². The van der Waals surface area contributed by atoms with E-state index in [1.165, 1.54) is 25.7 Å². The van der Waals surface area contributed by atoms with Gasteiger partial charge < -0.3 is 10.2 Å². The first kappa shape index (κ1) is 33.3. The van der Waals surface area contributed by atoms with E-state index in [0.717, 1.165) is 36.4 Å². The number of nitro benzene ring substituents is 2. The first-order valence-electron chi connectivity index (χ1n) is 13.3. The Morgan fingerprint density at radius 3 is 1.54 bits per heavy atom. The molecule has 214 valence electrons. The number of rotatable bonds is 12. The van der Waals surface area contributed by atoms with E-state index >= 15 is 0 Å². The van der Waals surface area contributed by atoms with Crippen molar-refractivity contribution >= 4 is 55.3 Å². The third-order valence-electron chi connectivity index (χ3n) is 5.79. The molecule has 0 aliphatic carbocycles. The van der Waals surface area contributed by atoms with Crippen LogP contribution in [0.1, 0.15) is 64.8 Å². The Morgan fingerprint density at radius 2 is 1.17 bits per heavy atom. The second-order valence-electron chi connectivity index (χ2n) is 9.08. The maximum atomic E-state index is 12.0. The number of aromatic nitrogens is 1. The van der Waals surface area contributed by atoms with Crippen molar-refractivity contribution in [1.82, 2.24) is 4.98 Å². The van der Waals surface area contributed by atoms with Gasteiger partial charge in [-0.3, -0.25) is 30.2 Å². The van der Waals surface area contributed by atoms with Crippen molar-refractivity contribution < 1.29 is 20.1 Å². The number of non-ortho nitro benzene ring substituents is 2. The molecule has 0 saturated heterocycles. The molecule has 41 heavy (non-hydrogen) atoms. The molecule has 0 N–H and O–H groups in total. The molecule has 0 fully saturated rings. The summed E-state index contributed by atoms with van der Waals surface area (Å²) in [6, 6.07) is 11.4. The zero-order valence-electron chi connectivity index (χ0n) is 23.6. The topological polar surface area (TPSA) is 170 Å². The molecule has 0 aliphatic rings. The summed E-state index contributed by atoms with van der Waals surface area (Å²) in [7, 11) is 0. The first-order valence-corrected chi connectivity index (χ1v) is 17.3. The quantitative estimate of drug-likeness (QED) is 0.0703. The van der Waals surface area contributed by atoms with Crippen LogP contribution in [-0.2, 0) is 0 Å². The second kappa shape index (κ2) is 17.1. The van der Waals surface area contributed by atoms with E-state index in [2.05, 4.69) is 28.8 Å².